The van der Waals surface area contributed by atoms with Crippen LogP contribution >= 0.6 is 0 Å². The Labute approximate surface area is 135 Å². The van der Waals surface area contributed by atoms with Crippen LogP contribution in [0.5, 0.6) is 5.75 Å². The molecule has 0 radical (unpaired) electrons. The molecule has 1 unspecified atom stereocenters. The van der Waals surface area contributed by atoms with E-state index in [1.807, 2.05) is 45.8 Å². The summed E-state index contributed by atoms with van der Waals surface area (Å²) in [4.78, 5) is 8.15. The molecule has 23 heavy (non-hydrogen) atoms. The summed E-state index contributed by atoms with van der Waals surface area (Å²) in [5.41, 5.74) is 0.871. The summed E-state index contributed by atoms with van der Waals surface area (Å²) in [6.45, 7) is 1.34. The summed E-state index contributed by atoms with van der Waals surface area (Å²) in [7, 11) is 1.63. The van der Waals surface area contributed by atoms with Crippen molar-refractivity contribution < 1.29 is 9.84 Å². The average Bonchev–Trinajstić information content (AvgIpc) is 3.27. The molecule has 0 aliphatic heterocycles. The van der Waals surface area contributed by atoms with Crippen LogP contribution in [0.15, 0.2) is 61.7 Å². The number of hydrogen-bond donors (Lipinski definition) is 1. The first-order chi connectivity index (χ1) is 11.3. The van der Waals surface area contributed by atoms with Crippen LogP contribution in [-0.2, 0) is 13.1 Å². The van der Waals surface area contributed by atoms with Crippen LogP contribution in [0.1, 0.15) is 11.7 Å². The van der Waals surface area contributed by atoms with E-state index < -0.39 is 6.10 Å². The number of rotatable bonds is 7. The molecular formula is C17H20N4O2. The molecule has 0 bridgehead atoms. The predicted octanol–water partition coefficient (Wildman–Crippen LogP) is 2.14. The van der Waals surface area contributed by atoms with E-state index >= 15 is 0 Å². The van der Waals surface area contributed by atoms with E-state index in [1.54, 1.807) is 32.2 Å². The number of imidazole rings is 2. The standard InChI is InChI=1S/C17H20N4O2/c1-23-16-4-2-14(3-5-16)17(22)15(10-20-8-6-18-12-20)11-21-9-7-19-13-21/h2-9,12-13,15,17,22H,10-11H2,1H3. The molecule has 6 heteroatoms. The van der Waals surface area contributed by atoms with Gasteiger partial charge < -0.3 is 19.0 Å². The van der Waals surface area contributed by atoms with Gasteiger partial charge in [-0.2, -0.15) is 0 Å². The van der Waals surface area contributed by atoms with Crippen molar-refractivity contribution in [1.82, 2.24) is 19.1 Å². The minimum atomic E-state index is -0.592. The van der Waals surface area contributed by atoms with E-state index in [0.717, 1.165) is 11.3 Å². The van der Waals surface area contributed by atoms with Crippen LogP contribution < -0.4 is 4.74 Å². The average molecular weight is 312 g/mol. The van der Waals surface area contributed by atoms with Gasteiger partial charge in [0.15, 0.2) is 0 Å². The van der Waals surface area contributed by atoms with Crippen LogP contribution in [0.4, 0.5) is 0 Å². The second kappa shape index (κ2) is 7.11. The number of benzene rings is 1. The molecule has 6 nitrogen and oxygen atoms in total. The first-order valence-electron chi connectivity index (χ1n) is 7.50. The second-order valence-electron chi connectivity index (χ2n) is 5.50. The minimum absolute atomic E-state index is 0.00760. The highest BCUT2D eigenvalue weighted by molar-refractivity contribution is 5.28. The van der Waals surface area contributed by atoms with Gasteiger partial charge in [-0.15, -0.1) is 0 Å². The van der Waals surface area contributed by atoms with Crippen LogP contribution in [0.25, 0.3) is 0 Å². The third kappa shape index (κ3) is 3.78. The van der Waals surface area contributed by atoms with Crippen LogP contribution in [-0.4, -0.2) is 31.3 Å². The van der Waals surface area contributed by atoms with E-state index in [0.29, 0.717) is 13.1 Å². The zero-order valence-corrected chi connectivity index (χ0v) is 13.0. The van der Waals surface area contributed by atoms with Gasteiger partial charge in [0.05, 0.1) is 25.9 Å². The summed E-state index contributed by atoms with van der Waals surface area (Å²) in [6, 6.07) is 7.53. The molecule has 1 atom stereocenters. The molecule has 0 aliphatic rings. The highest BCUT2D eigenvalue weighted by Crippen LogP contribution is 2.26. The zero-order valence-electron chi connectivity index (χ0n) is 13.0. The van der Waals surface area contributed by atoms with Crippen LogP contribution in [0.3, 0.4) is 0 Å². The lowest BCUT2D eigenvalue weighted by atomic mass is 9.95. The summed E-state index contributed by atoms with van der Waals surface area (Å²) in [5, 5.41) is 10.8. The van der Waals surface area contributed by atoms with Crippen molar-refractivity contribution >= 4 is 0 Å². The Balaban J connectivity index is 1.80. The number of methoxy groups -OCH3 is 1. The van der Waals surface area contributed by atoms with Crippen molar-refractivity contribution in [3.8, 4) is 5.75 Å². The molecule has 1 aromatic carbocycles. The van der Waals surface area contributed by atoms with E-state index in [4.69, 9.17) is 4.74 Å². The fourth-order valence-electron chi connectivity index (χ4n) is 2.66. The largest absolute Gasteiger partial charge is 0.497 e. The van der Waals surface area contributed by atoms with Crippen molar-refractivity contribution in [3.63, 3.8) is 0 Å². The fourth-order valence-corrected chi connectivity index (χ4v) is 2.66. The molecule has 0 spiro atoms. The molecule has 3 aromatic rings. The van der Waals surface area contributed by atoms with Crippen molar-refractivity contribution in [2.24, 2.45) is 5.92 Å². The highest BCUT2D eigenvalue weighted by atomic mass is 16.5. The summed E-state index contributed by atoms with van der Waals surface area (Å²) in [5.74, 6) is 0.772. The Hall–Kier alpha value is -2.60. The third-order valence-corrected chi connectivity index (χ3v) is 3.91. The van der Waals surface area contributed by atoms with Gasteiger partial charge in [-0.25, -0.2) is 9.97 Å². The Morgan fingerprint density at radius 1 is 1.00 bits per heavy atom. The first kappa shape index (κ1) is 15.3. The first-order valence-corrected chi connectivity index (χ1v) is 7.50. The molecule has 0 saturated heterocycles. The van der Waals surface area contributed by atoms with Crippen LogP contribution in [0.2, 0.25) is 0 Å². The second-order valence-corrected chi connectivity index (χ2v) is 5.50. The summed E-state index contributed by atoms with van der Waals surface area (Å²) >= 11 is 0. The molecule has 1 N–H and O–H groups in total. The SMILES string of the molecule is COc1ccc(C(O)C(Cn2ccnc2)Cn2ccnc2)cc1. The van der Waals surface area contributed by atoms with Gasteiger partial charge in [0, 0.05) is 43.8 Å². The maximum absolute atomic E-state index is 10.8. The van der Waals surface area contributed by atoms with Crippen molar-refractivity contribution in [2.75, 3.05) is 7.11 Å². The number of ether oxygens (including phenoxy) is 1. The van der Waals surface area contributed by atoms with Gasteiger partial charge in [-0.05, 0) is 17.7 Å². The molecule has 2 heterocycles. The Morgan fingerprint density at radius 2 is 1.57 bits per heavy atom. The van der Waals surface area contributed by atoms with Gasteiger partial charge in [0.1, 0.15) is 5.75 Å². The lowest BCUT2D eigenvalue weighted by Gasteiger charge is -2.24. The molecule has 120 valence electrons. The van der Waals surface area contributed by atoms with E-state index in [1.165, 1.54) is 0 Å². The zero-order chi connectivity index (χ0) is 16.1. The van der Waals surface area contributed by atoms with E-state index in [-0.39, 0.29) is 5.92 Å². The van der Waals surface area contributed by atoms with Crippen molar-refractivity contribution in [1.29, 1.82) is 0 Å². The lowest BCUT2D eigenvalue weighted by Crippen LogP contribution is -2.23. The quantitative estimate of drug-likeness (QED) is 0.726. The molecule has 0 aliphatic carbocycles. The highest BCUT2D eigenvalue weighted by Gasteiger charge is 2.22. The lowest BCUT2D eigenvalue weighted by molar-refractivity contribution is 0.0866. The van der Waals surface area contributed by atoms with Gasteiger partial charge in [0.25, 0.3) is 0 Å². The molecule has 2 aromatic heterocycles. The van der Waals surface area contributed by atoms with E-state index in [2.05, 4.69) is 9.97 Å². The van der Waals surface area contributed by atoms with Crippen molar-refractivity contribution in [3.05, 3.63) is 67.3 Å². The minimum Gasteiger partial charge on any atom is -0.497 e. The van der Waals surface area contributed by atoms with Crippen LogP contribution in [0, 0.1) is 5.92 Å². The van der Waals surface area contributed by atoms with Gasteiger partial charge in [-0.3, -0.25) is 0 Å². The number of aliphatic hydroxyl groups excluding tert-OH is 1. The Kier molecular flexibility index (Phi) is 4.73. The van der Waals surface area contributed by atoms with Gasteiger partial charge >= 0.3 is 0 Å². The molecule has 0 fully saturated rings. The normalized spacial score (nSPS) is 12.5. The summed E-state index contributed by atoms with van der Waals surface area (Å²) < 4.78 is 9.13. The number of nitrogens with zero attached hydrogens (tertiary/aromatic N) is 4. The monoisotopic (exact) mass is 312 g/mol. The third-order valence-electron chi connectivity index (χ3n) is 3.91. The summed E-state index contributed by atoms with van der Waals surface area (Å²) in [6.07, 6.45) is 10.2. The Bertz CT molecular complexity index is 657. The molecule has 3 rings (SSSR count). The topological polar surface area (TPSA) is 65.1 Å². The molecule has 0 saturated carbocycles. The number of aliphatic hydroxyl groups is 1. The van der Waals surface area contributed by atoms with Gasteiger partial charge in [0.2, 0.25) is 0 Å². The predicted molar refractivity (Wildman–Crippen MR) is 85.9 cm³/mol. The molecular weight excluding hydrogens is 292 g/mol. The Morgan fingerprint density at radius 3 is 2.00 bits per heavy atom. The fraction of sp³-hybridized carbons (Fsp3) is 0.294. The molecule has 0 amide bonds. The van der Waals surface area contributed by atoms with Gasteiger partial charge in [-0.1, -0.05) is 12.1 Å². The number of hydrogen-bond acceptors (Lipinski definition) is 4. The maximum Gasteiger partial charge on any atom is 0.118 e. The maximum atomic E-state index is 10.8. The smallest absolute Gasteiger partial charge is 0.118 e. The van der Waals surface area contributed by atoms with E-state index in [9.17, 15) is 5.11 Å². The number of aromatic nitrogens is 4. The van der Waals surface area contributed by atoms with Crippen molar-refractivity contribution in [2.45, 2.75) is 19.2 Å².